The van der Waals surface area contributed by atoms with Gasteiger partial charge in [0.1, 0.15) is 0 Å². The van der Waals surface area contributed by atoms with Crippen LogP contribution in [-0.2, 0) is 20.7 Å². The van der Waals surface area contributed by atoms with Crippen LogP contribution in [0.4, 0.5) is 0 Å². The first-order chi connectivity index (χ1) is 13.8. The first-order valence-electron chi connectivity index (χ1n) is 10.2. The molecule has 2 aliphatic heterocycles. The van der Waals surface area contributed by atoms with E-state index in [9.17, 15) is 4.79 Å². The molecule has 1 aromatic carbocycles. The number of likely N-dealkylation sites (tertiary alicyclic amines) is 1. The monoisotopic (exact) mass is 385 g/mol. The van der Waals surface area contributed by atoms with Crippen LogP contribution in [0, 0.1) is 5.92 Å². The Balaban J connectivity index is 1.18. The van der Waals surface area contributed by atoms with E-state index in [1.54, 1.807) is 0 Å². The standard InChI is InChI=1S/C21H27N3O4/c25-21(17-8-13-26-14-9-17)24-11-6-18(7-12-24)27-15-10-19-22-20(28-23-19)16-4-2-1-3-5-16/h1-5,17-18H,6-15H2. The predicted molar refractivity (Wildman–Crippen MR) is 103 cm³/mol. The molecule has 2 saturated heterocycles. The minimum Gasteiger partial charge on any atom is -0.381 e. The second kappa shape index (κ2) is 9.30. The molecule has 0 unspecified atom stereocenters. The summed E-state index contributed by atoms with van der Waals surface area (Å²) in [5.74, 6) is 1.63. The average Bonchev–Trinajstić information content (AvgIpc) is 3.24. The minimum absolute atomic E-state index is 0.142. The zero-order valence-corrected chi connectivity index (χ0v) is 16.1. The Bertz CT molecular complexity index is 750. The van der Waals surface area contributed by atoms with Crippen molar-refractivity contribution < 1.29 is 18.8 Å². The Hall–Kier alpha value is -2.25. The molecule has 0 atom stereocenters. The topological polar surface area (TPSA) is 77.7 Å². The van der Waals surface area contributed by atoms with Crippen LogP contribution in [-0.4, -0.2) is 60.0 Å². The number of benzene rings is 1. The molecule has 1 amide bonds. The summed E-state index contributed by atoms with van der Waals surface area (Å²) in [6.07, 6.45) is 4.29. The highest BCUT2D eigenvalue weighted by Crippen LogP contribution is 2.22. The van der Waals surface area contributed by atoms with Crippen LogP contribution >= 0.6 is 0 Å². The summed E-state index contributed by atoms with van der Waals surface area (Å²) < 4.78 is 16.7. The van der Waals surface area contributed by atoms with Crippen molar-refractivity contribution in [3.63, 3.8) is 0 Å². The molecule has 2 aliphatic rings. The summed E-state index contributed by atoms with van der Waals surface area (Å²) in [5.41, 5.74) is 0.920. The molecule has 7 heteroatoms. The van der Waals surface area contributed by atoms with Gasteiger partial charge in [0.15, 0.2) is 5.82 Å². The van der Waals surface area contributed by atoms with Crippen molar-refractivity contribution >= 4 is 5.91 Å². The lowest BCUT2D eigenvalue weighted by Gasteiger charge is -2.35. The van der Waals surface area contributed by atoms with E-state index in [4.69, 9.17) is 14.0 Å². The SMILES string of the molecule is O=C(C1CCOCC1)N1CCC(OCCc2noc(-c3ccccc3)n2)CC1. The molecule has 0 radical (unpaired) electrons. The van der Waals surface area contributed by atoms with E-state index in [-0.39, 0.29) is 12.0 Å². The maximum absolute atomic E-state index is 12.6. The normalized spacial score (nSPS) is 19.1. The lowest BCUT2D eigenvalue weighted by Crippen LogP contribution is -2.44. The number of nitrogens with zero attached hydrogens (tertiary/aromatic N) is 3. The molecule has 1 aromatic heterocycles. The van der Waals surface area contributed by atoms with Gasteiger partial charge in [0.25, 0.3) is 5.89 Å². The summed E-state index contributed by atoms with van der Waals surface area (Å²) >= 11 is 0. The molecule has 0 aliphatic carbocycles. The molecule has 28 heavy (non-hydrogen) atoms. The fourth-order valence-corrected chi connectivity index (χ4v) is 3.82. The van der Waals surface area contributed by atoms with E-state index >= 15 is 0 Å². The van der Waals surface area contributed by atoms with Crippen molar-refractivity contribution in [3.05, 3.63) is 36.2 Å². The number of hydrogen-bond acceptors (Lipinski definition) is 6. The molecule has 0 bridgehead atoms. The van der Waals surface area contributed by atoms with Crippen molar-refractivity contribution in [1.82, 2.24) is 15.0 Å². The molecule has 4 rings (SSSR count). The van der Waals surface area contributed by atoms with E-state index in [1.165, 1.54) is 0 Å². The summed E-state index contributed by atoms with van der Waals surface area (Å²) in [6.45, 7) is 3.53. The molecule has 7 nitrogen and oxygen atoms in total. The highest BCUT2D eigenvalue weighted by atomic mass is 16.5. The van der Waals surface area contributed by atoms with Gasteiger partial charge in [-0.15, -0.1) is 0 Å². The predicted octanol–water partition coefficient (Wildman–Crippen LogP) is 2.71. The van der Waals surface area contributed by atoms with Crippen molar-refractivity contribution in [2.45, 2.75) is 38.2 Å². The third-order valence-electron chi connectivity index (χ3n) is 5.49. The minimum atomic E-state index is 0.142. The lowest BCUT2D eigenvalue weighted by atomic mass is 9.97. The van der Waals surface area contributed by atoms with Gasteiger partial charge < -0.3 is 18.9 Å². The Kier molecular flexibility index (Phi) is 6.34. The van der Waals surface area contributed by atoms with Crippen molar-refractivity contribution in [2.24, 2.45) is 5.92 Å². The fraction of sp³-hybridized carbons (Fsp3) is 0.571. The van der Waals surface area contributed by atoms with Crippen molar-refractivity contribution in [3.8, 4) is 11.5 Å². The van der Waals surface area contributed by atoms with Crippen LogP contribution in [0.25, 0.3) is 11.5 Å². The molecular weight excluding hydrogens is 358 g/mol. The first-order valence-corrected chi connectivity index (χ1v) is 10.2. The van der Waals surface area contributed by atoms with Crippen LogP contribution < -0.4 is 0 Å². The molecule has 0 saturated carbocycles. The number of piperidine rings is 1. The summed E-state index contributed by atoms with van der Waals surface area (Å²) in [6, 6.07) is 9.74. The quantitative estimate of drug-likeness (QED) is 0.761. The third kappa shape index (κ3) is 4.77. The van der Waals surface area contributed by atoms with E-state index < -0.39 is 0 Å². The Morgan fingerprint density at radius 3 is 2.61 bits per heavy atom. The highest BCUT2D eigenvalue weighted by Gasteiger charge is 2.29. The van der Waals surface area contributed by atoms with Gasteiger partial charge in [0.05, 0.1) is 12.7 Å². The second-order valence-electron chi connectivity index (χ2n) is 7.41. The third-order valence-corrected chi connectivity index (χ3v) is 5.49. The highest BCUT2D eigenvalue weighted by molar-refractivity contribution is 5.79. The number of rotatable bonds is 6. The Morgan fingerprint density at radius 1 is 1.11 bits per heavy atom. The maximum Gasteiger partial charge on any atom is 0.257 e. The molecule has 3 heterocycles. The molecular formula is C21H27N3O4. The van der Waals surface area contributed by atoms with E-state index in [1.807, 2.05) is 35.2 Å². The molecule has 0 N–H and O–H groups in total. The maximum atomic E-state index is 12.6. The number of amides is 1. The number of ether oxygens (including phenoxy) is 2. The number of carbonyl (C=O) groups is 1. The smallest absolute Gasteiger partial charge is 0.257 e. The number of carbonyl (C=O) groups excluding carboxylic acids is 1. The summed E-state index contributed by atoms with van der Waals surface area (Å²) in [5, 5.41) is 4.03. The van der Waals surface area contributed by atoms with Crippen LogP contribution in [0.5, 0.6) is 0 Å². The molecule has 2 aromatic rings. The molecule has 2 fully saturated rings. The van der Waals surface area contributed by atoms with Crippen LogP contribution in [0.1, 0.15) is 31.5 Å². The van der Waals surface area contributed by atoms with Gasteiger partial charge in [-0.2, -0.15) is 4.98 Å². The van der Waals surface area contributed by atoms with Gasteiger partial charge in [-0.1, -0.05) is 23.4 Å². The lowest BCUT2D eigenvalue weighted by molar-refractivity contribution is -0.141. The zero-order valence-electron chi connectivity index (χ0n) is 16.1. The van der Waals surface area contributed by atoms with Crippen molar-refractivity contribution in [1.29, 1.82) is 0 Å². The van der Waals surface area contributed by atoms with Crippen LogP contribution in [0.2, 0.25) is 0 Å². The van der Waals surface area contributed by atoms with Crippen molar-refractivity contribution in [2.75, 3.05) is 32.9 Å². The van der Waals surface area contributed by atoms with Crippen LogP contribution in [0.15, 0.2) is 34.9 Å². The second-order valence-corrected chi connectivity index (χ2v) is 7.41. The van der Waals surface area contributed by atoms with Gasteiger partial charge >= 0.3 is 0 Å². The molecule has 150 valence electrons. The van der Waals surface area contributed by atoms with Crippen LogP contribution in [0.3, 0.4) is 0 Å². The average molecular weight is 385 g/mol. The van der Waals surface area contributed by atoms with Gasteiger partial charge in [-0.3, -0.25) is 4.79 Å². The van der Waals surface area contributed by atoms with E-state index in [2.05, 4.69) is 10.1 Å². The van der Waals surface area contributed by atoms with Gasteiger partial charge in [0, 0.05) is 44.2 Å². The molecule has 0 spiro atoms. The summed E-state index contributed by atoms with van der Waals surface area (Å²) in [4.78, 5) is 19.0. The Morgan fingerprint density at radius 2 is 1.86 bits per heavy atom. The van der Waals surface area contributed by atoms with Gasteiger partial charge in [-0.25, -0.2) is 0 Å². The zero-order chi connectivity index (χ0) is 19.2. The number of hydrogen-bond donors (Lipinski definition) is 0. The fourth-order valence-electron chi connectivity index (χ4n) is 3.82. The van der Waals surface area contributed by atoms with E-state index in [0.29, 0.717) is 43.9 Å². The Labute approximate surface area is 165 Å². The summed E-state index contributed by atoms with van der Waals surface area (Å²) in [7, 11) is 0. The number of aromatic nitrogens is 2. The van der Waals surface area contributed by atoms with Gasteiger partial charge in [0.2, 0.25) is 5.91 Å². The van der Waals surface area contributed by atoms with E-state index in [0.717, 1.165) is 44.3 Å². The van der Waals surface area contributed by atoms with Gasteiger partial charge in [-0.05, 0) is 37.8 Å². The largest absolute Gasteiger partial charge is 0.381 e. The first kappa shape index (κ1) is 19.1.